The third kappa shape index (κ3) is 5.28. The first-order valence-electron chi connectivity index (χ1n) is 11.0. The minimum Gasteiger partial charge on any atom is -0.497 e. The molecule has 1 atom stereocenters. The molecule has 0 amide bonds. The number of nitrogens with one attached hydrogen (secondary N) is 2. The summed E-state index contributed by atoms with van der Waals surface area (Å²) in [4.78, 5) is 2.51. The number of hydrogen-bond acceptors (Lipinski definition) is 5. The average Bonchev–Trinajstić information content (AvgIpc) is 3.49. The summed E-state index contributed by atoms with van der Waals surface area (Å²) in [6, 6.07) is 9.86. The number of methoxy groups -OCH3 is 1. The number of hydrogen-bond donors (Lipinski definition) is 2. The lowest BCUT2D eigenvalue weighted by molar-refractivity contribution is 0.319. The largest absolute Gasteiger partial charge is 0.497 e. The van der Waals surface area contributed by atoms with Crippen molar-refractivity contribution in [1.82, 2.24) is 25.3 Å². The van der Waals surface area contributed by atoms with Gasteiger partial charge >= 0.3 is 0 Å². The second kappa shape index (κ2) is 9.14. The highest BCUT2D eigenvalue weighted by atomic mass is 16.5. The van der Waals surface area contributed by atoms with Crippen LogP contribution in [0.4, 0.5) is 0 Å². The molecule has 0 saturated carbocycles. The topological polar surface area (TPSA) is 79.1 Å². The van der Waals surface area contributed by atoms with Crippen molar-refractivity contribution in [2.75, 3.05) is 26.8 Å². The van der Waals surface area contributed by atoms with Crippen LogP contribution in [0.3, 0.4) is 0 Å². The number of H-pyrrole nitrogens is 2. The first-order chi connectivity index (χ1) is 14.9. The molecular formula is C24H33N5O2. The number of rotatable bonds is 8. The maximum atomic E-state index is 5.84. The summed E-state index contributed by atoms with van der Waals surface area (Å²) in [7, 11) is 1.66. The SMILES string of the molecule is COc1ccc(OCCc2cc(C3CCN(Cc4cn[nH]c4C(C)(C)C)C3)n[nH]2)cc1. The molecule has 1 aliphatic rings. The molecule has 1 aromatic carbocycles. The molecule has 0 aliphatic carbocycles. The molecule has 1 unspecified atom stereocenters. The van der Waals surface area contributed by atoms with Gasteiger partial charge in [-0.2, -0.15) is 10.2 Å². The third-order valence-electron chi connectivity index (χ3n) is 5.90. The fourth-order valence-corrected chi connectivity index (χ4v) is 4.21. The van der Waals surface area contributed by atoms with E-state index < -0.39 is 0 Å². The minimum absolute atomic E-state index is 0.0793. The van der Waals surface area contributed by atoms with E-state index in [-0.39, 0.29) is 5.41 Å². The van der Waals surface area contributed by atoms with E-state index in [1.807, 2.05) is 30.5 Å². The molecule has 0 spiro atoms. The van der Waals surface area contributed by atoms with Gasteiger partial charge in [0, 0.05) is 47.8 Å². The fourth-order valence-electron chi connectivity index (χ4n) is 4.21. The number of ether oxygens (including phenoxy) is 2. The van der Waals surface area contributed by atoms with Crippen molar-refractivity contribution in [2.24, 2.45) is 0 Å². The molecule has 1 aliphatic heterocycles. The molecule has 1 saturated heterocycles. The summed E-state index contributed by atoms with van der Waals surface area (Å²) >= 11 is 0. The molecule has 7 heteroatoms. The Morgan fingerprint density at radius 2 is 1.90 bits per heavy atom. The molecule has 3 aromatic rings. The summed E-state index contributed by atoms with van der Waals surface area (Å²) in [5, 5.41) is 15.3. The van der Waals surface area contributed by atoms with Crippen LogP contribution in [0.15, 0.2) is 36.5 Å². The van der Waals surface area contributed by atoms with Crippen LogP contribution >= 0.6 is 0 Å². The minimum atomic E-state index is 0.0793. The van der Waals surface area contributed by atoms with E-state index in [1.54, 1.807) is 7.11 Å². The predicted octanol–water partition coefficient (Wildman–Crippen LogP) is 4.05. The van der Waals surface area contributed by atoms with Gasteiger partial charge in [0.2, 0.25) is 0 Å². The van der Waals surface area contributed by atoms with Gasteiger partial charge in [0.25, 0.3) is 0 Å². The molecule has 0 bridgehead atoms. The average molecular weight is 424 g/mol. The molecular weight excluding hydrogens is 390 g/mol. The molecule has 2 N–H and O–H groups in total. The number of aromatic nitrogens is 4. The Morgan fingerprint density at radius 1 is 1.13 bits per heavy atom. The molecule has 7 nitrogen and oxygen atoms in total. The van der Waals surface area contributed by atoms with Gasteiger partial charge in [0.05, 0.1) is 25.6 Å². The highest BCUT2D eigenvalue weighted by molar-refractivity contribution is 5.31. The van der Waals surface area contributed by atoms with Crippen molar-refractivity contribution in [3.8, 4) is 11.5 Å². The molecule has 31 heavy (non-hydrogen) atoms. The molecule has 3 heterocycles. The molecule has 1 fully saturated rings. The van der Waals surface area contributed by atoms with Gasteiger partial charge in [-0.15, -0.1) is 0 Å². The summed E-state index contributed by atoms with van der Waals surface area (Å²) < 4.78 is 11.0. The lowest BCUT2D eigenvalue weighted by Crippen LogP contribution is -2.22. The lowest BCUT2D eigenvalue weighted by Gasteiger charge is -2.21. The first-order valence-corrected chi connectivity index (χ1v) is 11.0. The third-order valence-corrected chi connectivity index (χ3v) is 5.90. The van der Waals surface area contributed by atoms with Crippen molar-refractivity contribution in [3.05, 3.63) is 59.2 Å². The Hall–Kier alpha value is -2.80. The highest BCUT2D eigenvalue weighted by Crippen LogP contribution is 2.30. The summed E-state index contributed by atoms with van der Waals surface area (Å²) in [5.74, 6) is 2.15. The number of nitrogens with zero attached hydrogens (tertiary/aromatic N) is 3. The van der Waals surface area contributed by atoms with E-state index in [2.05, 4.69) is 52.1 Å². The zero-order valence-electron chi connectivity index (χ0n) is 18.9. The zero-order valence-corrected chi connectivity index (χ0v) is 18.9. The van der Waals surface area contributed by atoms with Crippen molar-refractivity contribution < 1.29 is 9.47 Å². The van der Waals surface area contributed by atoms with Gasteiger partial charge in [-0.25, -0.2) is 0 Å². The van der Waals surface area contributed by atoms with Crippen molar-refractivity contribution in [1.29, 1.82) is 0 Å². The monoisotopic (exact) mass is 423 g/mol. The quantitative estimate of drug-likeness (QED) is 0.571. The molecule has 166 valence electrons. The van der Waals surface area contributed by atoms with Crippen molar-refractivity contribution >= 4 is 0 Å². The predicted molar refractivity (Wildman–Crippen MR) is 121 cm³/mol. The van der Waals surface area contributed by atoms with Gasteiger partial charge in [-0.3, -0.25) is 15.1 Å². The molecule has 0 radical (unpaired) electrons. The second-order valence-electron chi connectivity index (χ2n) is 9.33. The van der Waals surface area contributed by atoms with E-state index >= 15 is 0 Å². The normalized spacial score (nSPS) is 17.2. The summed E-state index contributed by atoms with van der Waals surface area (Å²) in [6.07, 6.45) is 3.91. The summed E-state index contributed by atoms with van der Waals surface area (Å²) in [6.45, 7) is 10.3. The van der Waals surface area contributed by atoms with Gasteiger partial charge in [-0.1, -0.05) is 20.8 Å². The Balaban J connectivity index is 1.27. The highest BCUT2D eigenvalue weighted by Gasteiger charge is 2.28. The standard InChI is InChI=1S/C24H33N5O2/c1-24(2,3)23-18(14-25-28-23)16-29-11-9-17(15-29)22-13-19(26-27-22)10-12-31-21-7-5-20(30-4)6-8-21/h5-8,13-14,17H,9-12,15-16H2,1-4H3,(H,25,28)(H,26,27). The van der Waals surface area contributed by atoms with Crippen molar-refractivity contribution in [3.63, 3.8) is 0 Å². The van der Waals surface area contributed by atoms with Crippen LogP contribution < -0.4 is 9.47 Å². The number of aromatic amines is 2. The van der Waals surface area contributed by atoms with Crippen molar-refractivity contribution in [2.45, 2.75) is 51.5 Å². The van der Waals surface area contributed by atoms with Crippen LogP contribution in [0, 0.1) is 0 Å². The fraction of sp³-hybridized carbons (Fsp3) is 0.500. The van der Waals surface area contributed by atoms with E-state index in [1.165, 1.54) is 11.3 Å². The van der Waals surface area contributed by atoms with E-state index in [4.69, 9.17) is 9.47 Å². The lowest BCUT2D eigenvalue weighted by atomic mass is 9.89. The number of benzene rings is 1. The Labute approximate surface area is 184 Å². The molecule has 2 aromatic heterocycles. The van der Waals surface area contributed by atoms with Crippen LogP contribution in [-0.2, 0) is 18.4 Å². The Bertz CT molecular complexity index is 971. The maximum absolute atomic E-state index is 5.84. The maximum Gasteiger partial charge on any atom is 0.119 e. The Morgan fingerprint density at radius 3 is 2.65 bits per heavy atom. The van der Waals surface area contributed by atoms with Gasteiger partial charge < -0.3 is 9.47 Å². The van der Waals surface area contributed by atoms with Crippen LogP contribution in [-0.4, -0.2) is 52.1 Å². The Kier molecular flexibility index (Phi) is 6.32. The van der Waals surface area contributed by atoms with Gasteiger partial charge in [0.15, 0.2) is 0 Å². The first kappa shape index (κ1) is 21.4. The van der Waals surface area contributed by atoms with Gasteiger partial charge in [0.1, 0.15) is 11.5 Å². The van der Waals surface area contributed by atoms with Crippen LogP contribution in [0.5, 0.6) is 11.5 Å². The number of likely N-dealkylation sites (tertiary alicyclic amines) is 1. The van der Waals surface area contributed by atoms with Gasteiger partial charge in [-0.05, 0) is 43.3 Å². The van der Waals surface area contributed by atoms with Crippen LogP contribution in [0.1, 0.15) is 55.8 Å². The van der Waals surface area contributed by atoms with Crippen LogP contribution in [0.2, 0.25) is 0 Å². The smallest absolute Gasteiger partial charge is 0.119 e. The second-order valence-corrected chi connectivity index (χ2v) is 9.33. The molecule has 4 rings (SSSR count). The van der Waals surface area contributed by atoms with E-state index in [0.717, 1.165) is 55.4 Å². The summed E-state index contributed by atoms with van der Waals surface area (Å²) in [5.41, 5.74) is 4.88. The van der Waals surface area contributed by atoms with E-state index in [0.29, 0.717) is 12.5 Å². The zero-order chi connectivity index (χ0) is 21.8. The van der Waals surface area contributed by atoms with E-state index in [9.17, 15) is 0 Å². The van der Waals surface area contributed by atoms with Crippen LogP contribution in [0.25, 0.3) is 0 Å².